The summed E-state index contributed by atoms with van der Waals surface area (Å²) in [7, 11) is 0. The molecule has 1 amide bonds. The lowest BCUT2D eigenvalue weighted by molar-refractivity contribution is -0.115. The van der Waals surface area contributed by atoms with Crippen LogP contribution >= 0.6 is 40.2 Å². The van der Waals surface area contributed by atoms with Crippen molar-refractivity contribution in [2.24, 2.45) is 0 Å². The van der Waals surface area contributed by atoms with Crippen molar-refractivity contribution in [3.8, 4) is 0 Å². The van der Waals surface area contributed by atoms with Crippen molar-refractivity contribution >= 4 is 51.8 Å². The molecule has 0 bridgehead atoms. The van der Waals surface area contributed by atoms with Crippen LogP contribution in [0.1, 0.15) is 5.56 Å². The van der Waals surface area contributed by atoms with E-state index in [1.807, 2.05) is 30.3 Å². The number of hydrogen-bond donors (Lipinski definition) is 2. The zero-order chi connectivity index (χ0) is 13.8. The molecule has 0 heterocycles. The molecule has 2 aromatic carbocycles. The summed E-state index contributed by atoms with van der Waals surface area (Å²) < 4.78 is 0.867. The van der Waals surface area contributed by atoms with E-state index < -0.39 is 0 Å². The molecular weight excluding hydrogens is 346 g/mol. The van der Waals surface area contributed by atoms with Gasteiger partial charge in [-0.25, -0.2) is 0 Å². The monoisotopic (exact) mass is 355 g/mol. The number of anilines is 1. The van der Waals surface area contributed by atoms with Crippen LogP contribution in [0.4, 0.5) is 5.69 Å². The molecule has 98 valence electrons. The minimum Gasteiger partial charge on any atom is -0.324 e. The van der Waals surface area contributed by atoms with E-state index in [-0.39, 0.29) is 5.91 Å². The number of halogens is 2. The van der Waals surface area contributed by atoms with Crippen LogP contribution in [-0.2, 0) is 11.2 Å². The fourth-order valence-electron chi connectivity index (χ4n) is 1.59. The molecular formula is C14H11BrClNOS. The zero-order valence-corrected chi connectivity index (χ0v) is 13.1. The molecule has 0 aliphatic carbocycles. The first kappa shape index (κ1) is 14.4. The molecule has 2 rings (SSSR count). The van der Waals surface area contributed by atoms with Gasteiger partial charge in [0.25, 0.3) is 0 Å². The second-order valence-electron chi connectivity index (χ2n) is 4.02. The van der Waals surface area contributed by atoms with Gasteiger partial charge in [-0.05, 0) is 35.9 Å². The van der Waals surface area contributed by atoms with E-state index >= 15 is 0 Å². The maximum atomic E-state index is 11.9. The van der Waals surface area contributed by atoms with E-state index in [0.29, 0.717) is 17.1 Å². The van der Waals surface area contributed by atoms with Crippen LogP contribution in [0, 0.1) is 0 Å². The Balaban J connectivity index is 2.05. The van der Waals surface area contributed by atoms with E-state index in [1.165, 1.54) is 0 Å². The quantitative estimate of drug-likeness (QED) is 0.775. The number of carbonyl (C=O) groups excluding carboxylic acids is 1. The third kappa shape index (κ3) is 4.27. The van der Waals surface area contributed by atoms with E-state index in [0.717, 1.165) is 14.9 Å². The Hall–Kier alpha value is -0.970. The Kier molecular flexibility index (Phi) is 4.91. The van der Waals surface area contributed by atoms with Gasteiger partial charge in [-0.3, -0.25) is 4.79 Å². The number of benzene rings is 2. The molecule has 0 saturated carbocycles. The summed E-state index contributed by atoms with van der Waals surface area (Å²) in [6, 6.07) is 12.8. The Bertz CT molecular complexity index is 601. The molecule has 0 fully saturated rings. The average Bonchev–Trinajstić information content (AvgIpc) is 2.37. The predicted molar refractivity (Wildman–Crippen MR) is 85.2 cm³/mol. The fourth-order valence-corrected chi connectivity index (χ4v) is 2.26. The Labute approximate surface area is 130 Å². The number of carbonyl (C=O) groups is 1. The van der Waals surface area contributed by atoms with Crippen LogP contribution in [0.2, 0.25) is 5.02 Å². The third-order valence-corrected chi connectivity index (χ3v) is 3.62. The molecule has 0 aliphatic rings. The first-order valence-electron chi connectivity index (χ1n) is 5.57. The SMILES string of the molecule is O=C(Cc1ccc(S)cc1)Nc1cc(Br)ccc1Cl. The van der Waals surface area contributed by atoms with E-state index in [1.54, 1.807) is 12.1 Å². The van der Waals surface area contributed by atoms with E-state index in [9.17, 15) is 4.79 Å². The largest absolute Gasteiger partial charge is 0.324 e. The minimum absolute atomic E-state index is 0.105. The molecule has 0 aliphatic heterocycles. The van der Waals surface area contributed by atoms with Crippen LogP contribution in [0.5, 0.6) is 0 Å². The number of thiol groups is 1. The number of nitrogens with one attached hydrogen (secondary N) is 1. The lowest BCUT2D eigenvalue weighted by Gasteiger charge is -2.08. The van der Waals surface area contributed by atoms with Gasteiger partial charge in [0.05, 0.1) is 17.1 Å². The summed E-state index contributed by atoms with van der Waals surface area (Å²) in [5.41, 5.74) is 1.54. The molecule has 0 radical (unpaired) electrons. The van der Waals surface area contributed by atoms with Gasteiger partial charge in [0, 0.05) is 9.37 Å². The second kappa shape index (κ2) is 6.46. The van der Waals surface area contributed by atoms with Crippen LogP contribution in [-0.4, -0.2) is 5.91 Å². The predicted octanol–water partition coefficient (Wildman–Crippen LogP) is 4.57. The number of hydrogen-bond acceptors (Lipinski definition) is 2. The summed E-state index contributed by atoms with van der Waals surface area (Å²) in [6.45, 7) is 0. The molecule has 5 heteroatoms. The smallest absolute Gasteiger partial charge is 0.228 e. The third-order valence-electron chi connectivity index (χ3n) is 2.50. The molecule has 19 heavy (non-hydrogen) atoms. The topological polar surface area (TPSA) is 29.1 Å². The highest BCUT2D eigenvalue weighted by Gasteiger charge is 2.07. The van der Waals surface area contributed by atoms with Gasteiger partial charge in [0.15, 0.2) is 0 Å². The molecule has 0 aromatic heterocycles. The summed E-state index contributed by atoms with van der Waals surface area (Å²) in [4.78, 5) is 12.8. The molecule has 2 nitrogen and oxygen atoms in total. The maximum Gasteiger partial charge on any atom is 0.228 e. The fraction of sp³-hybridized carbons (Fsp3) is 0.0714. The molecule has 2 aromatic rings. The van der Waals surface area contributed by atoms with Gasteiger partial charge in [0.2, 0.25) is 5.91 Å². The summed E-state index contributed by atoms with van der Waals surface area (Å²) in [5.74, 6) is -0.105. The van der Waals surface area contributed by atoms with Crippen LogP contribution in [0.25, 0.3) is 0 Å². The summed E-state index contributed by atoms with van der Waals surface area (Å²) in [6.07, 6.45) is 0.302. The second-order valence-corrected chi connectivity index (χ2v) is 5.85. The van der Waals surface area contributed by atoms with Crippen LogP contribution < -0.4 is 5.32 Å². The standard InChI is InChI=1S/C14H11BrClNOS/c15-10-3-6-12(16)13(8-10)17-14(18)7-9-1-4-11(19)5-2-9/h1-6,8,19H,7H2,(H,17,18). The van der Waals surface area contributed by atoms with Gasteiger partial charge in [-0.1, -0.05) is 39.7 Å². The van der Waals surface area contributed by atoms with Crippen molar-refractivity contribution in [1.82, 2.24) is 0 Å². The summed E-state index contributed by atoms with van der Waals surface area (Å²) >= 11 is 13.6. The van der Waals surface area contributed by atoms with Crippen molar-refractivity contribution in [2.75, 3.05) is 5.32 Å². The van der Waals surface area contributed by atoms with E-state index in [2.05, 4.69) is 33.9 Å². The van der Waals surface area contributed by atoms with Crippen molar-refractivity contribution < 1.29 is 4.79 Å². The van der Waals surface area contributed by atoms with Gasteiger partial charge in [0.1, 0.15) is 0 Å². The molecule has 1 N–H and O–H groups in total. The van der Waals surface area contributed by atoms with Crippen LogP contribution in [0.3, 0.4) is 0 Å². The lowest BCUT2D eigenvalue weighted by atomic mass is 10.1. The normalized spacial score (nSPS) is 10.3. The highest BCUT2D eigenvalue weighted by atomic mass is 79.9. The summed E-state index contributed by atoms with van der Waals surface area (Å²) in [5, 5.41) is 3.31. The number of amides is 1. The van der Waals surface area contributed by atoms with Crippen molar-refractivity contribution in [1.29, 1.82) is 0 Å². The molecule has 0 unspecified atom stereocenters. The van der Waals surface area contributed by atoms with Crippen molar-refractivity contribution in [3.05, 3.63) is 57.5 Å². The lowest BCUT2D eigenvalue weighted by Crippen LogP contribution is -2.14. The Morgan fingerprint density at radius 3 is 2.58 bits per heavy atom. The molecule has 0 atom stereocenters. The highest BCUT2D eigenvalue weighted by molar-refractivity contribution is 9.10. The average molecular weight is 357 g/mol. The van der Waals surface area contributed by atoms with Crippen molar-refractivity contribution in [2.45, 2.75) is 11.3 Å². The van der Waals surface area contributed by atoms with Gasteiger partial charge >= 0.3 is 0 Å². The molecule has 0 saturated heterocycles. The highest BCUT2D eigenvalue weighted by Crippen LogP contribution is 2.25. The van der Waals surface area contributed by atoms with E-state index in [4.69, 9.17) is 11.6 Å². The van der Waals surface area contributed by atoms with Gasteiger partial charge < -0.3 is 5.32 Å². The minimum atomic E-state index is -0.105. The van der Waals surface area contributed by atoms with Gasteiger partial charge in [-0.15, -0.1) is 12.6 Å². The van der Waals surface area contributed by atoms with Crippen molar-refractivity contribution in [3.63, 3.8) is 0 Å². The Morgan fingerprint density at radius 1 is 1.21 bits per heavy atom. The first-order chi connectivity index (χ1) is 9.04. The Morgan fingerprint density at radius 2 is 1.89 bits per heavy atom. The maximum absolute atomic E-state index is 11.9. The number of rotatable bonds is 3. The van der Waals surface area contributed by atoms with Crippen LogP contribution in [0.15, 0.2) is 51.8 Å². The van der Waals surface area contributed by atoms with Gasteiger partial charge in [-0.2, -0.15) is 0 Å². The zero-order valence-electron chi connectivity index (χ0n) is 9.86. The molecule has 0 spiro atoms. The first-order valence-corrected chi connectivity index (χ1v) is 7.19.